The third-order valence-corrected chi connectivity index (χ3v) is 1.93. The number of anilines is 1. The number of hydrogen-bond acceptors (Lipinski definition) is 1. The minimum atomic E-state index is 0. The number of benzene rings is 2. The van der Waals surface area contributed by atoms with E-state index in [9.17, 15) is 0 Å². The summed E-state index contributed by atoms with van der Waals surface area (Å²) in [7, 11) is 0. The van der Waals surface area contributed by atoms with Crippen LogP contribution >= 0.6 is 0 Å². The zero-order valence-corrected chi connectivity index (χ0v) is 11.6. The Morgan fingerprint density at radius 3 is 1.71 bits per heavy atom. The van der Waals surface area contributed by atoms with Gasteiger partial charge in [0.25, 0.3) is 0 Å². The maximum atomic E-state index is 7.00. The molecule has 0 atom stereocenters. The van der Waals surface area contributed by atoms with Crippen LogP contribution in [0, 0.1) is 0 Å². The van der Waals surface area contributed by atoms with Crippen molar-refractivity contribution in [2.75, 3.05) is 11.9 Å². The Morgan fingerprint density at radius 2 is 1.35 bits per heavy atom. The van der Waals surface area contributed by atoms with Crippen molar-refractivity contribution in [2.24, 2.45) is 0 Å². The fourth-order valence-electron chi connectivity index (χ4n) is 1.20. The van der Waals surface area contributed by atoms with Crippen LogP contribution < -0.4 is 5.32 Å². The minimum absolute atomic E-state index is 0. The third-order valence-electron chi connectivity index (χ3n) is 1.93. The number of hydrogen-bond donors (Lipinski definition) is 1. The molecule has 0 aliphatic heterocycles. The zero-order chi connectivity index (χ0) is 11.6. The molecule has 0 saturated heterocycles. The fourth-order valence-corrected chi connectivity index (χ4v) is 1.20. The summed E-state index contributed by atoms with van der Waals surface area (Å²) in [4.78, 5) is 0. The zero-order valence-electron chi connectivity index (χ0n) is 9.83. The quantitative estimate of drug-likeness (QED) is 0.815. The summed E-state index contributed by atoms with van der Waals surface area (Å²) in [5.74, 6) is 0. The average Bonchev–Trinajstić information content (AvgIpc) is 2.33. The van der Waals surface area contributed by atoms with E-state index in [0.717, 1.165) is 6.54 Å². The Bertz CT molecular complexity index is 376. The van der Waals surface area contributed by atoms with E-state index in [0.29, 0.717) is 5.69 Å². The molecule has 0 amide bonds. The van der Waals surface area contributed by atoms with Gasteiger partial charge in [-0.05, 0) is 19.1 Å². The van der Waals surface area contributed by atoms with E-state index in [2.05, 4.69) is 24.4 Å². The van der Waals surface area contributed by atoms with Gasteiger partial charge in [-0.2, -0.15) is 0 Å². The summed E-state index contributed by atoms with van der Waals surface area (Å²) in [6.45, 7) is 3.08. The first-order valence-electron chi connectivity index (χ1n) is 5.38. The Labute approximate surface area is 116 Å². The largest absolute Gasteiger partial charge is 1.00 e. The van der Waals surface area contributed by atoms with E-state index in [4.69, 9.17) is 5.73 Å². The first kappa shape index (κ1) is 15.7. The van der Waals surface area contributed by atoms with Crippen LogP contribution in [0.4, 0.5) is 11.4 Å². The normalized spacial score (nSPS) is 8.29. The summed E-state index contributed by atoms with van der Waals surface area (Å²) in [5.41, 5.74) is 8.76. The molecule has 2 rings (SSSR count). The van der Waals surface area contributed by atoms with Crippen molar-refractivity contribution < 1.29 is 19.5 Å². The van der Waals surface area contributed by atoms with Crippen molar-refractivity contribution in [2.45, 2.75) is 6.92 Å². The Balaban J connectivity index is 0.000000292. The molecule has 0 unspecified atom stereocenters. The molecule has 2 N–H and O–H groups in total. The van der Waals surface area contributed by atoms with Crippen molar-refractivity contribution in [3.63, 3.8) is 0 Å². The van der Waals surface area contributed by atoms with Gasteiger partial charge in [0.2, 0.25) is 0 Å². The van der Waals surface area contributed by atoms with Crippen molar-refractivity contribution >= 4 is 11.4 Å². The molecule has 0 aliphatic rings. The second kappa shape index (κ2) is 9.86. The molecule has 2 aromatic rings. The van der Waals surface area contributed by atoms with Crippen LogP contribution in [-0.4, -0.2) is 6.54 Å². The third kappa shape index (κ3) is 7.54. The van der Waals surface area contributed by atoms with Crippen molar-refractivity contribution in [3.05, 3.63) is 66.4 Å². The standard InChI is InChI=1S/C8H11N.C6H6N.Ru/c1-2-9-8-6-4-3-5-7-8;7-6-4-2-1-3-5-6;/h3-7,9H,2H2,1H3;1-5,7H;/q;-1;+1. The molecule has 0 fully saturated rings. The van der Waals surface area contributed by atoms with Crippen LogP contribution in [0.25, 0.3) is 5.73 Å². The van der Waals surface area contributed by atoms with Gasteiger partial charge in [0.1, 0.15) is 0 Å². The van der Waals surface area contributed by atoms with Crippen molar-refractivity contribution in [3.8, 4) is 0 Å². The maximum Gasteiger partial charge on any atom is 1.00 e. The average molecular weight is 314 g/mol. The molecule has 91 valence electrons. The summed E-state index contributed by atoms with van der Waals surface area (Å²) in [6, 6.07) is 19.3. The number of nitrogens with one attached hydrogen (secondary N) is 2. The van der Waals surface area contributed by atoms with Crippen LogP contribution in [0.2, 0.25) is 0 Å². The van der Waals surface area contributed by atoms with E-state index >= 15 is 0 Å². The van der Waals surface area contributed by atoms with Crippen LogP contribution in [0.5, 0.6) is 0 Å². The first-order chi connectivity index (χ1) is 7.83. The fraction of sp³-hybridized carbons (Fsp3) is 0.143. The monoisotopic (exact) mass is 315 g/mol. The van der Waals surface area contributed by atoms with Gasteiger partial charge in [0, 0.05) is 12.2 Å². The molecular formula is C14H17N2Ru. The molecule has 0 spiro atoms. The topological polar surface area (TPSA) is 35.8 Å². The second-order valence-electron chi connectivity index (χ2n) is 3.26. The van der Waals surface area contributed by atoms with E-state index in [1.54, 1.807) is 12.1 Å². The Morgan fingerprint density at radius 1 is 0.882 bits per heavy atom. The van der Waals surface area contributed by atoms with Gasteiger partial charge in [-0.25, -0.2) is 0 Å². The second-order valence-corrected chi connectivity index (χ2v) is 3.26. The van der Waals surface area contributed by atoms with E-state index in [1.165, 1.54) is 5.69 Å². The van der Waals surface area contributed by atoms with E-state index in [-0.39, 0.29) is 19.5 Å². The number of para-hydroxylation sites is 1. The Kier molecular flexibility index (Phi) is 9.08. The summed E-state index contributed by atoms with van der Waals surface area (Å²) >= 11 is 0. The predicted octanol–water partition coefficient (Wildman–Crippen LogP) is 4.49. The first-order valence-corrected chi connectivity index (χ1v) is 5.38. The van der Waals surface area contributed by atoms with Gasteiger partial charge < -0.3 is 11.1 Å². The van der Waals surface area contributed by atoms with Gasteiger partial charge in [0.05, 0.1) is 0 Å². The van der Waals surface area contributed by atoms with Crippen LogP contribution in [0.15, 0.2) is 60.7 Å². The molecular weight excluding hydrogens is 297 g/mol. The smallest absolute Gasteiger partial charge is 0.699 e. The summed E-state index contributed by atoms with van der Waals surface area (Å²) in [6.07, 6.45) is 0. The minimum Gasteiger partial charge on any atom is -0.699 e. The van der Waals surface area contributed by atoms with Gasteiger partial charge in [-0.15, -0.1) is 5.69 Å². The molecule has 0 aliphatic carbocycles. The van der Waals surface area contributed by atoms with Gasteiger partial charge >= 0.3 is 19.5 Å². The van der Waals surface area contributed by atoms with Crippen LogP contribution in [-0.2, 0) is 19.5 Å². The molecule has 0 aromatic heterocycles. The summed E-state index contributed by atoms with van der Waals surface area (Å²) < 4.78 is 0. The molecule has 17 heavy (non-hydrogen) atoms. The van der Waals surface area contributed by atoms with Crippen LogP contribution in [0.3, 0.4) is 0 Å². The molecule has 0 saturated carbocycles. The summed E-state index contributed by atoms with van der Waals surface area (Å²) in [5, 5.41) is 3.21. The van der Waals surface area contributed by atoms with Crippen molar-refractivity contribution in [1.29, 1.82) is 0 Å². The van der Waals surface area contributed by atoms with Crippen molar-refractivity contribution in [1.82, 2.24) is 0 Å². The number of rotatable bonds is 2. The Hall–Kier alpha value is -1.34. The molecule has 2 nitrogen and oxygen atoms in total. The molecule has 0 heterocycles. The van der Waals surface area contributed by atoms with Crippen LogP contribution in [0.1, 0.15) is 6.92 Å². The van der Waals surface area contributed by atoms with E-state index in [1.807, 2.05) is 36.4 Å². The molecule has 3 heteroatoms. The molecule has 0 bridgehead atoms. The van der Waals surface area contributed by atoms with Gasteiger partial charge in [0.15, 0.2) is 0 Å². The van der Waals surface area contributed by atoms with Gasteiger partial charge in [-0.3, -0.25) is 0 Å². The van der Waals surface area contributed by atoms with Gasteiger partial charge in [-0.1, -0.05) is 48.5 Å². The maximum absolute atomic E-state index is 7.00. The predicted molar refractivity (Wildman–Crippen MR) is 71.0 cm³/mol. The molecule has 1 radical (unpaired) electrons. The molecule has 2 aromatic carbocycles. The van der Waals surface area contributed by atoms with E-state index < -0.39 is 0 Å². The SMILES string of the molecule is CCNc1ccccc1.[NH-]c1ccccc1.[Ru+].